The Kier molecular flexibility index (Phi) is 4.78. The van der Waals surface area contributed by atoms with Crippen LogP contribution in [0, 0.1) is 18.3 Å². The molecule has 3 aromatic rings. The third kappa shape index (κ3) is 2.94. The second-order valence-corrected chi connectivity index (χ2v) is 7.40. The van der Waals surface area contributed by atoms with E-state index < -0.39 is 5.54 Å². The van der Waals surface area contributed by atoms with Crippen molar-refractivity contribution in [3.63, 3.8) is 0 Å². The van der Waals surface area contributed by atoms with E-state index in [0.717, 1.165) is 22.3 Å². The lowest BCUT2D eigenvalue weighted by Gasteiger charge is -2.44. The molecule has 4 rings (SSSR count). The highest BCUT2D eigenvalue weighted by Crippen LogP contribution is 2.46. The maximum atomic E-state index is 13.7. The maximum Gasteiger partial charge on any atom is 0.259 e. The van der Waals surface area contributed by atoms with E-state index in [1.54, 1.807) is 11.1 Å². The van der Waals surface area contributed by atoms with Gasteiger partial charge in [0, 0.05) is 23.2 Å². The van der Waals surface area contributed by atoms with Crippen LogP contribution in [0.4, 0.5) is 0 Å². The number of benzene rings is 3. The molecule has 0 N–H and O–H groups in total. The molecule has 0 saturated carbocycles. The molecule has 0 bridgehead atoms. The van der Waals surface area contributed by atoms with Crippen LogP contribution in [0.1, 0.15) is 45.5 Å². The minimum absolute atomic E-state index is 0.168. The van der Waals surface area contributed by atoms with Gasteiger partial charge in [-0.2, -0.15) is 5.26 Å². The fourth-order valence-electron chi connectivity index (χ4n) is 4.20. The number of nitrogens with zero attached hydrogens (tertiary/aromatic N) is 2. The fraction of sp³-hybridized carbons (Fsp3) is 0.154. The van der Waals surface area contributed by atoms with Crippen LogP contribution in [-0.4, -0.2) is 10.8 Å². The predicted molar refractivity (Wildman–Crippen MR) is 115 cm³/mol. The Labute approximate surface area is 171 Å². The molecule has 0 aliphatic carbocycles. The lowest BCUT2D eigenvalue weighted by Crippen LogP contribution is -2.50. The Morgan fingerprint density at radius 1 is 0.966 bits per heavy atom. The Balaban J connectivity index is 1.94. The molecule has 0 unspecified atom stereocenters. The van der Waals surface area contributed by atoms with Crippen molar-refractivity contribution in [2.45, 2.75) is 25.3 Å². The minimum Gasteiger partial charge on any atom is -0.291 e. The zero-order chi connectivity index (χ0) is 20.4. The average molecular weight is 378 g/mol. The molecule has 0 spiro atoms. The second kappa shape index (κ2) is 7.41. The average Bonchev–Trinajstić information content (AvgIpc) is 2.78. The van der Waals surface area contributed by atoms with E-state index >= 15 is 0 Å². The van der Waals surface area contributed by atoms with Crippen LogP contribution in [-0.2, 0) is 5.54 Å². The summed E-state index contributed by atoms with van der Waals surface area (Å²) in [5, 5.41) is 10.6. The van der Waals surface area contributed by atoms with Crippen molar-refractivity contribution >= 4 is 12.0 Å². The van der Waals surface area contributed by atoms with Crippen molar-refractivity contribution in [3.8, 4) is 6.07 Å². The number of nitriles is 1. The quantitative estimate of drug-likeness (QED) is 0.591. The van der Waals surface area contributed by atoms with Gasteiger partial charge in [-0.25, -0.2) is 0 Å². The normalized spacial score (nSPS) is 18.6. The van der Waals surface area contributed by atoms with Crippen LogP contribution in [0.3, 0.4) is 0 Å². The molecule has 3 nitrogen and oxygen atoms in total. The molecule has 1 amide bonds. The molecule has 1 aliphatic rings. The number of fused-ring (bicyclic) bond motifs is 1. The van der Waals surface area contributed by atoms with Gasteiger partial charge >= 0.3 is 0 Å². The van der Waals surface area contributed by atoms with Gasteiger partial charge in [0.2, 0.25) is 0 Å². The molecule has 0 aromatic heterocycles. The van der Waals surface area contributed by atoms with Crippen LogP contribution in [0.2, 0.25) is 0 Å². The summed E-state index contributed by atoms with van der Waals surface area (Å²) in [4.78, 5) is 15.3. The van der Waals surface area contributed by atoms with Crippen LogP contribution in [0.5, 0.6) is 0 Å². The van der Waals surface area contributed by atoms with E-state index in [1.807, 2.05) is 98.8 Å². The van der Waals surface area contributed by atoms with Crippen molar-refractivity contribution < 1.29 is 4.79 Å². The summed E-state index contributed by atoms with van der Waals surface area (Å²) >= 11 is 0. The zero-order valence-electron chi connectivity index (χ0n) is 16.5. The molecule has 142 valence electrons. The Morgan fingerprint density at radius 3 is 2.34 bits per heavy atom. The van der Waals surface area contributed by atoms with Gasteiger partial charge in [-0.05, 0) is 35.8 Å². The van der Waals surface area contributed by atoms with Crippen LogP contribution in [0.15, 0.2) is 85.1 Å². The molecular weight excluding hydrogens is 356 g/mol. The number of carbonyl (C=O) groups excluding carboxylic acids is 1. The third-order valence-corrected chi connectivity index (χ3v) is 5.85. The first-order valence-corrected chi connectivity index (χ1v) is 9.73. The SMILES string of the molecule is Cc1ccccc1C(=O)N1C=Cc2ccccc2[C@@]1(C#N)[C@@H](C)c1ccccc1. The standard InChI is InChI=1S/C26H22N2O/c1-19-10-6-8-14-23(19)25(29)28-17-16-22-13-7-9-15-24(22)26(28,18-27)20(2)21-11-4-3-5-12-21/h3-17,20H,1-2H3/t20-,26+/m0/s1. The topological polar surface area (TPSA) is 44.1 Å². The number of hydrogen-bond donors (Lipinski definition) is 0. The van der Waals surface area contributed by atoms with Gasteiger partial charge in [0.1, 0.15) is 0 Å². The van der Waals surface area contributed by atoms with E-state index in [2.05, 4.69) is 6.07 Å². The maximum absolute atomic E-state index is 13.7. The Morgan fingerprint density at radius 2 is 1.62 bits per heavy atom. The van der Waals surface area contributed by atoms with Crippen LogP contribution in [0.25, 0.3) is 6.08 Å². The van der Waals surface area contributed by atoms with Gasteiger partial charge in [0.05, 0.1) is 6.07 Å². The van der Waals surface area contributed by atoms with Crippen molar-refractivity contribution in [2.24, 2.45) is 0 Å². The Hall–Kier alpha value is -3.64. The molecule has 3 heteroatoms. The van der Waals surface area contributed by atoms with Gasteiger partial charge in [0.25, 0.3) is 5.91 Å². The first-order valence-electron chi connectivity index (χ1n) is 9.73. The first-order chi connectivity index (χ1) is 14.1. The van der Waals surface area contributed by atoms with Crippen molar-refractivity contribution in [2.75, 3.05) is 0 Å². The van der Waals surface area contributed by atoms with E-state index in [1.165, 1.54) is 0 Å². The van der Waals surface area contributed by atoms with E-state index in [-0.39, 0.29) is 11.8 Å². The molecule has 1 aliphatic heterocycles. The third-order valence-electron chi connectivity index (χ3n) is 5.85. The number of amides is 1. The number of rotatable bonds is 3. The smallest absolute Gasteiger partial charge is 0.259 e. The van der Waals surface area contributed by atoms with Crippen molar-refractivity contribution in [1.29, 1.82) is 5.26 Å². The molecule has 3 aromatic carbocycles. The van der Waals surface area contributed by atoms with E-state index in [0.29, 0.717) is 5.56 Å². The lowest BCUT2D eigenvalue weighted by atomic mass is 9.72. The van der Waals surface area contributed by atoms with Gasteiger partial charge in [-0.1, -0.05) is 79.7 Å². The highest BCUT2D eigenvalue weighted by Gasteiger charge is 2.49. The highest BCUT2D eigenvalue weighted by atomic mass is 16.2. The summed E-state index contributed by atoms with van der Waals surface area (Å²) in [6.45, 7) is 3.94. The fourth-order valence-corrected chi connectivity index (χ4v) is 4.20. The summed E-state index contributed by atoms with van der Waals surface area (Å²) in [6.07, 6.45) is 3.68. The molecule has 0 saturated heterocycles. The zero-order valence-corrected chi connectivity index (χ0v) is 16.5. The largest absolute Gasteiger partial charge is 0.291 e. The molecule has 1 heterocycles. The van der Waals surface area contributed by atoms with Gasteiger partial charge in [-0.3, -0.25) is 9.69 Å². The van der Waals surface area contributed by atoms with Crippen molar-refractivity contribution in [1.82, 2.24) is 4.90 Å². The minimum atomic E-state index is -1.15. The molecular formula is C26H22N2O. The lowest BCUT2D eigenvalue weighted by molar-refractivity contribution is 0.0663. The predicted octanol–water partition coefficient (Wildman–Crippen LogP) is 5.64. The van der Waals surface area contributed by atoms with E-state index in [4.69, 9.17) is 0 Å². The number of carbonyl (C=O) groups is 1. The van der Waals surface area contributed by atoms with Gasteiger partial charge < -0.3 is 0 Å². The van der Waals surface area contributed by atoms with Crippen LogP contribution >= 0.6 is 0 Å². The number of hydrogen-bond acceptors (Lipinski definition) is 2. The van der Waals surface area contributed by atoms with Crippen molar-refractivity contribution in [3.05, 3.63) is 113 Å². The van der Waals surface area contributed by atoms with Gasteiger partial charge in [0.15, 0.2) is 5.54 Å². The first kappa shape index (κ1) is 18.7. The Bertz CT molecular complexity index is 1130. The molecule has 0 radical (unpaired) electrons. The second-order valence-electron chi connectivity index (χ2n) is 7.40. The molecule has 2 atom stereocenters. The number of aryl methyl sites for hydroxylation is 1. The summed E-state index contributed by atoms with van der Waals surface area (Å²) in [7, 11) is 0. The monoisotopic (exact) mass is 378 g/mol. The van der Waals surface area contributed by atoms with E-state index in [9.17, 15) is 10.1 Å². The highest BCUT2D eigenvalue weighted by molar-refractivity contribution is 5.98. The van der Waals surface area contributed by atoms with Gasteiger partial charge in [-0.15, -0.1) is 0 Å². The summed E-state index contributed by atoms with van der Waals surface area (Å²) in [6, 6.07) is 27.8. The summed E-state index contributed by atoms with van der Waals surface area (Å²) < 4.78 is 0. The van der Waals surface area contributed by atoms with Crippen LogP contribution < -0.4 is 0 Å². The summed E-state index contributed by atoms with van der Waals surface area (Å²) in [5.41, 5.74) is 3.18. The molecule has 0 fully saturated rings. The summed E-state index contributed by atoms with van der Waals surface area (Å²) in [5.74, 6) is -0.397. The molecule has 29 heavy (non-hydrogen) atoms.